The summed E-state index contributed by atoms with van der Waals surface area (Å²) < 4.78 is 31.8. The molecule has 1 aliphatic heterocycles. The van der Waals surface area contributed by atoms with E-state index in [1.54, 1.807) is 18.2 Å². The van der Waals surface area contributed by atoms with Gasteiger partial charge in [-0.3, -0.25) is 0 Å². The smallest absolute Gasteiger partial charge is 0.338 e. The quantitative estimate of drug-likeness (QED) is 0.543. The van der Waals surface area contributed by atoms with Crippen LogP contribution in [0.4, 0.5) is 4.39 Å². The largest absolute Gasteiger partial charge is 0.457 e. The molecule has 2 aromatic carbocycles. The Balaban J connectivity index is 1.37. The topological polar surface area (TPSA) is 49.7 Å². The molecule has 3 aromatic rings. The number of hydrogen-bond acceptors (Lipinski definition) is 4. The van der Waals surface area contributed by atoms with Crippen LogP contribution in [0.25, 0.3) is 10.9 Å². The lowest BCUT2D eigenvalue weighted by atomic mass is 10.1. The molecule has 5 nitrogen and oxygen atoms in total. The molecular formula is C23H24FNO4. The Morgan fingerprint density at radius 3 is 2.79 bits per heavy atom. The maximum Gasteiger partial charge on any atom is 0.338 e. The van der Waals surface area contributed by atoms with Gasteiger partial charge < -0.3 is 18.8 Å². The lowest BCUT2D eigenvalue weighted by molar-refractivity contribution is -0.163. The van der Waals surface area contributed by atoms with Crippen LogP contribution in [0.5, 0.6) is 0 Å². The van der Waals surface area contributed by atoms with Gasteiger partial charge in [-0.15, -0.1) is 0 Å². The molecule has 1 aromatic heterocycles. The van der Waals surface area contributed by atoms with Crippen molar-refractivity contribution in [2.45, 2.75) is 38.7 Å². The maximum atomic E-state index is 13.0. The minimum absolute atomic E-state index is 0.105. The number of fused-ring (bicyclic) bond motifs is 1. The van der Waals surface area contributed by atoms with Crippen molar-refractivity contribution in [1.82, 2.24) is 4.57 Å². The van der Waals surface area contributed by atoms with E-state index >= 15 is 0 Å². The molecule has 1 saturated heterocycles. The molecule has 152 valence electrons. The number of hydrogen-bond donors (Lipinski definition) is 0. The van der Waals surface area contributed by atoms with Crippen LogP contribution in [-0.2, 0) is 27.4 Å². The highest BCUT2D eigenvalue weighted by Crippen LogP contribution is 2.20. The van der Waals surface area contributed by atoms with E-state index in [0.29, 0.717) is 18.7 Å². The van der Waals surface area contributed by atoms with Crippen molar-refractivity contribution in [1.29, 1.82) is 0 Å². The first kappa shape index (κ1) is 19.6. The number of carbonyl (C=O) groups is 1. The van der Waals surface area contributed by atoms with Gasteiger partial charge in [0.15, 0.2) is 6.29 Å². The summed E-state index contributed by atoms with van der Waals surface area (Å²) in [5, 5.41) is 1.05. The van der Waals surface area contributed by atoms with Crippen LogP contribution >= 0.6 is 0 Å². The average molecular weight is 397 g/mol. The molecule has 0 aliphatic carbocycles. The number of nitrogens with zero attached hydrogens (tertiary/aromatic N) is 1. The van der Waals surface area contributed by atoms with E-state index in [1.165, 1.54) is 12.1 Å². The fraction of sp³-hybridized carbons (Fsp3) is 0.348. The number of rotatable bonds is 7. The lowest BCUT2D eigenvalue weighted by Crippen LogP contribution is -2.23. The molecule has 0 bridgehead atoms. The van der Waals surface area contributed by atoms with Crippen molar-refractivity contribution in [3.05, 3.63) is 71.7 Å². The zero-order valence-corrected chi connectivity index (χ0v) is 16.2. The van der Waals surface area contributed by atoms with Gasteiger partial charge in [0.1, 0.15) is 12.4 Å². The molecule has 0 saturated carbocycles. The summed E-state index contributed by atoms with van der Waals surface area (Å²) in [5.41, 5.74) is 2.18. The van der Waals surface area contributed by atoms with Gasteiger partial charge in [-0.05, 0) is 60.5 Å². The lowest BCUT2D eigenvalue weighted by Gasteiger charge is -2.22. The van der Waals surface area contributed by atoms with Crippen LogP contribution in [0.15, 0.2) is 54.7 Å². The summed E-state index contributed by atoms with van der Waals surface area (Å²) in [4.78, 5) is 12.4. The Labute approximate surface area is 169 Å². The first-order chi connectivity index (χ1) is 14.2. The Bertz CT molecular complexity index is 961. The van der Waals surface area contributed by atoms with E-state index < -0.39 is 5.97 Å². The van der Waals surface area contributed by atoms with Crippen LogP contribution in [0.3, 0.4) is 0 Å². The molecule has 0 radical (unpaired) electrons. The van der Waals surface area contributed by atoms with Gasteiger partial charge in [0.2, 0.25) is 0 Å². The van der Waals surface area contributed by atoms with Gasteiger partial charge in [0.25, 0.3) is 0 Å². The molecule has 1 atom stereocenters. The molecule has 29 heavy (non-hydrogen) atoms. The molecule has 2 heterocycles. The van der Waals surface area contributed by atoms with Crippen LogP contribution in [0, 0.1) is 5.82 Å². The molecule has 6 heteroatoms. The molecule has 1 fully saturated rings. The van der Waals surface area contributed by atoms with E-state index in [-0.39, 0.29) is 18.7 Å². The second kappa shape index (κ2) is 9.20. The number of aromatic nitrogens is 1. The third-order valence-electron chi connectivity index (χ3n) is 5.07. The normalized spacial score (nSPS) is 16.8. The first-order valence-corrected chi connectivity index (χ1v) is 9.93. The van der Waals surface area contributed by atoms with Gasteiger partial charge in [-0.1, -0.05) is 18.2 Å². The predicted molar refractivity (Wildman–Crippen MR) is 107 cm³/mol. The van der Waals surface area contributed by atoms with Crippen molar-refractivity contribution in [3.8, 4) is 0 Å². The summed E-state index contributed by atoms with van der Waals surface area (Å²) in [6, 6.07) is 13.4. The summed E-state index contributed by atoms with van der Waals surface area (Å²) in [6.07, 6.45) is 5.06. The monoisotopic (exact) mass is 397 g/mol. The second-order valence-corrected chi connectivity index (χ2v) is 7.15. The number of benzene rings is 2. The summed E-state index contributed by atoms with van der Waals surface area (Å²) in [6.45, 7) is 2.10. The number of halogens is 1. The first-order valence-electron chi connectivity index (χ1n) is 9.93. The van der Waals surface area contributed by atoms with E-state index in [9.17, 15) is 9.18 Å². The molecule has 1 unspecified atom stereocenters. The van der Waals surface area contributed by atoms with Crippen molar-refractivity contribution in [3.63, 3.8) is 0 Å². The fourth-order valence-corrected chi connectivity index (χ4v) is 3.44. The maximum absolute atomic E-state index is 13.0. The highest BCUT2D eigenvalue weighted by molar-refractivity contribution is 5.94. The highest BCUT2D eigenvalue weighted by Gasteiger charge is 2.14. The van der Waals surface area contributed by atoms with Crippen LogP contribution in [0.1, 0.15) is 35.2 Å². The molecule has 4 rings (SSSR count). The van der Waals surface area contributed by atoms with Crippen molar-refractivity contribution >= 4 is 16.9 Å². The molecule has 0 N–H and O–H groups in total. The van der Waals surface area contributed by atoms with Gasteiger partial charge in [-0.25, -0.2) is 9.18 Å². The predicted octanol–water partition coefficient (Wildman–Crippen LogP) is 4.68. The second-order valence-electron chi connectivity index (χ2n) is 7.15. The third-order valence-corrected chi connectivity index (χ3v) is 5.07. The van der Waals surface area contributed by atoms with Crippen LogP contribution < -0.4 is 0 Å². The average Bonchev–Trinajstić information content (AvgIpc) is 3.16. The van der Waals surface area contributed by atoms with E-state index in [4.69, 9.17) is 14.2 Å². The van der Waals surface area contributed by atoms with E-state index in [0.717, 1.165) is 42.3 Å². The number of ether oxygens (including phenoxy) is 3. The zero-order chi connectivity index (χ0) is 20.1. The Morgan fingerprint density at radius 2 is 2.00 bits per heavy atom. The van der Waals surface area contributed by atoms with Crippen molar-refractivity contribution in [2.24, 2.45) is 0 Å². The van der Waals surface area contributed by atoms with Crippen LogP contribution in [-0.4, -0.2) is 30.0 Å². The number of carbonyl (C=O) groups excluding carboxylic acids is 1. The Morgan fingerprint density at radius 1 is 1.14 bits per heavy atom. The van der Waals surface area contributed by atoms with Crippen molar-refractivity contribution in [2.75, 3.05) is 13.2 Å². The van der Waals surface area contributed by atoms with E-state index in [1.807, 2.05) is 24.4 Å². The molecule has 0 amide bonds. The van der Waals surface area contributed by atoms with Gasteiger partial charge in [0.05, 0.1) is 12.2 Å². The Hall–Kier alpha value is -2.70. The minimum atomic E-state index is -0.407. The van der Waals surface area contributed by atoms with Gasteiger partial charge >= 0.3 is 5.97 Å². The fourth-order valence-electron chi connectivity index (χ4n) is 3.44. The molecule has 1 aliphatic rings. The summed E-state index contributed by atoms with van der Waals surface area (Å²) >= 11 is 0. The van der Waals surface area contributed by atoms with Crippen LogP contribution in [0.2, 0.25) is 0 Å². The highest BCUT2D eigenvalue weighted by atomic mass is 19.1. The standard InChI is InChI=1S/C23H24FNO4/c24-20-8-4-17(5-9-20)16-29-23(26)19-7-6-18-10-11-25(21(18)15-19)12-14-28-22-3-1-2-13-27-22/h4-11,15,22H,1-3,12-14,16H2. The van der Waals surface area contributed by atoms with Gasteiger partial charge in [-0.2, -0.15) is 0 Å². The Kier molecular flexibility index (Phi) is 6.22. The third kappa shape index (κ3) is 5.02. The van der Waals surface area contributed by atoms with Gasteiger partial charge in [0, 0.05) is 24.9 Å². The summed E-state index contributed by atoms with van der Waals surface area (Å²) in [7, 11) is 0. The summed E-state index contributed by atoms with van der Waals surface area (Å²) in [5.74, 6) is -0.721. The zero-order valence-electron chi connectivity index (χ0n) is 16.2. The van der Waals surface area contributed by atoms with E-state index in [2.05, 4.69) is 4.57 Å². The SMILES string of the molecule is O=C(OCc1ccc(F)cc1)c1ccc2ccn(CCOC3CCCCO3)c2c1. The number of esters is 1. The molecule has 0 spiro atoms. The minimum Gasteiger partial charge on any atom is -0.457 e. The molecular weight excluding hydrogens is 373 g/mol. The van der Waals surface area contributed by atoms with Crippen molar-refractivity contribution < 1.29 is 23.4 Å².